The first-order valence-corrected chi connectivity index (χ1v) is 11.0. The van der Waals surface area contributed by atoms with Crippen molar-refractivity contribution in [1.29, 1.82) is 0 Å². The van der Waals surface area contributed by atoms with Crippen molar-refractivity contribution in [2.75, 3.05) is 62.3 Å². The number of piperazine rings is 1. The average Bonchev–Trinajstić information content (AvgIpc) is 3.26. The van der Waals surface area contributed by atoms with E-state index in [2.05, 4.69) is 15.1 Å². The number of hydrogen-bond acceptors (Lipinski definition) is 7. The number of nitrogens with zero attached hydrogens (tertiary/aromatic N) is 7. The molecular formula is C22H26FN7O2. The lowest BCUT2D eigenvalue weighted by atomic mass is 10.2. The van der Waals surface area contributed by atoms with E-state index in [1.807, 2.05) is 28.0 Å². The van der Waals surface area contributed by atoms with Gasteiger partial charge < -0.3 is 19.4 Å². The first-order valence-electron chi connectivity index (χ1n) is 11.0. The Hall–Kier alpha value is -3.27. The van der Waals surface area contributed by atoms with Crippen LogP contribution in [0.15, 0.2) is 36.4 Å². The summed E-state index contributed by atoms with van der Waals surface area (Å²) in [6.07, 6.45) is 0.803. The summed E-state index contributed by atoms with van der Waals surface area (Å²) in [6.45, 7) is 5.36. The van der Waals surface area contributed by atoms with E-state index >= 15 is 0 Å². The van der Waals surface area contributed by atoms with E-state index in [1.54, 1.807) is 16.6 Å². The largest absolute Gasteiger partial charge is 0.378 e. The zero-order chi connectivity index (χ0) is 21.9. The molecule has 3 aromatic rings. The van der Waals surface area contributed by atoms with Gasteiger partial charge >= 0.3 is 0 Å². The van der Waals surface area contributed by atoms with E-state index in [1.165, 1.54) is 6.07 Å². The molecule has 1 amide bonds. The van der Waals surface area contributed by atoms with Crippen molar-refractivity contribution in [1.82, 2.24) is 24.7 Å². The Kier molecular flexibility index (Phi) is 5.85. The Labute approximate surface area is 185 Å². The number of benzene rings is 1. The normalized spacial score (nSPS) is 17.2. The number of halogens is 1. The number of fused-ring (bicyclic) bond motifs is 1. The van der Waals surface area contributed by atoms with Crippen molar-refractivity contribution in [2.45, 2.75) is 12.8 Å². The number of rotatable bonds is 5. The molecule has 0 atom stereocenters. The maximum Gasteiger partial charge on any atom is 0.223 e. The maximum absolute atomic E-state index is 14.0. The van der Waals surface area contributed by atoms with Gasteiger partial charge in [-0.05, 0) is 24.3 Å². The van der Waals surface area contributed by atoms with Crippen molar-refractivity contribution in [2.24, 2.45) is 0 Å². The fourth-order valence-electron chi connectivity index (χ4n) is 4.22. The lowest BCUT2D eigenvalue weighted by Crippen LogP contribution is -2.49. The van der Waals surface area contributed by atoms with E-state index in [4.69, 9.17) is 9.84 Å². The number of anilines is 2. The Bertz CT molecular complexity index is 1090. The Morgan fingerprint density at radius 1 is 0.938 bits per heavy atom. The molecule has 9 nitrogen and oxygen atoms in total. The molecule has 0 N–H and O–H groups in total. The second-order valence-electron chi connectivity index (χ2n) is 8.00. The Morgan fingerprint density at radius 2 is 1.72 bits per heavy atom. The summed E-state index contributed by atoms with van der Waals surface area (Å²) < 4.78 is 21.2. The number of hydrogen-bond donors (Lipinski definition) is 0. The molecular weight excluding hydrogens is 413 g/mol. The van der Waals surface area contributed by atoms with E-state index in [9.17, 15) is 9.18 Å². The molecule has 0 saturated carbocycles. The fourth-order valence-corrected chi connectivity index (χ4v) is 4.22. The number of para-hydroxylation sites is 1. The molecule has 2 fully saturated rings. The topological polar surface area (TPSA) is 79.1 Å². The highest BCUT2D eigenvalue weighted by Crippen LogP contribution is 2.20. The highest BCUT2D eigenvalue weighted by atomic mass is 19.1. The molecule has 2 aliphatic rings. The Balaban J connectivity index is 1.19. The van der Waals surface area contributed by atoms with E-state index in [-0.39, 0.29) is 11.7 Å². The summed E-state index contributed by atoms with van der Waals surface area (Å²) in [5.41, 5.74) is 1.26. The van der Waals surface area contributed by atoms with Gasteiger partial charge in [-0.25, -0.2) is 4.39 Å². The van der Waals surface area contributed by atoms with Crippen molar-refractivity contribution in [3.8, 4) is 0 Å². The van der Waals surface area contributed by atoms with Crippen LogP contribution in [0, 0.1) is 5.82 Å². The van der Waals surface area contributed by atoms with Crippen molar-refractivity contribution >= 4 is 23.1 Å². The number of amides is 1. The van der Waals surface area contributed by atoms with Crippen LogP contribution in [0.5, 0.6) is 0 Å². The summed E-state index contributed by atoms with van der Waals surface area (Å²) in [7, 11) is 0. The van der Waals surface area contributed by atoms with Crippen LogP contribution < -0.4 is 9.80 Å². The predicted molar refractivity (Wildman–Crippen MR) is 117 cm³/mol. The molecule has 2 aliphatic heterocycles. The van der Waals surface area contributed by atoms with E-state index in [0.29, 0.717) is 69.4 Å². The minimum Gasteiger partial charge on any atom is -0.378 e. The third-order valence-electron chi connectivity index (χ3n) is 6.04. The summed E-state index contributed by atoms with van der Waals surface area (Å²) in [6, 6.07) is 10.6. The molecule has 4 heterocycles. The van der Waals surface area contributed by atoms with Gasteiger partial charge in [0.05, 0.1) is 18.9 Å². The third-order valence-corrected chi connectivity index (χ3v) is 6.04. The van der Waals surface area contributed by atoms with Crippen LogP contribution in [0.4, 0.5) is 15.9 Å². The average molecular weight is 439 g/mol. The van der Waals surface area contributed by atoms with Crippen LogP contribution >= 0.6 is 0 Å². The molecule has 0 aliphatic carbocycles. The standard InChI is InChI=1S/C22H26FN7O2/c23-17-3-1-2-4-18(17)27-9-11-29(12-10-27)22(31)8-7-20-25-24-19-5-6-21(26-30(19)20)28-13-15-32-16-14-28/h1-6H,7-16H2. The number of carbonyl (C=O) groups excluding carboxylic acids is 1. The van der Waals surface area contributed by atoms with Crippen LogP contribution in [0.25, 0.3) is 5.65 Å². The molecule has 0 radical (unpaired) electrons. The highest BCUT2D eigenvalue weighted by molar-refractivity contribution is 5.76. The lowest BCUT2D eigenvalue weighted by molar-refractivity contribution is -0.131. The third kappa shape index (κ3) is 4.22. The van der Waals surface area contributed by atoms with Gasteiger partial charge in [-0.3, -0.25) is 4.79 Å². The van der Waals surface area contributed by atoms with Gasteiger partial charge in [0.1, 0.15) is 11.6 Å². The number of ether oxygens (including phenoxy) is 1. The highest BCUT2D eigenvalue weighted by Gasteiger charge is 2.23. The van der Waals surface area contributed by atoms with Gasteiger partial charge in [-0.1, -0.05) is 12.1 Å². The van der Waals surface area contributed by atoms with E-state index < -0.39 is 0 Å². The molecule has 0 bridgehead atoms. The van der Waals surface area contributed by atoms with Crippen molar-refractivity contribution in [3.05, 3.63) is 48.0 Å². The van der Waals surface area contributed by atoms with Crippen molar-refractivity contribution < 1.29 is 13.9 Å². The summed E-state index contributed by atoms with van der Waals surface area (Å²) in [5, 5.41) is 13.1. The predicted octanol–water partition coefficient (Wildman–Crippen LogP) is 1.38. The molecule has 2 saturated heterocycles. The molecule has 32 heavy (non-hydrogen) atoms. The number of morpholine rings is 1. The first-order chi connectivity index (χ1) is 15.7. The van der Waals surface area contributed by atoms with Gasteiger partial charge in [0.2, 0.25) is 5.91 Å². The minimum atomic E-state index is -0.227. The van der Waals surface area contributed by atoms with Crippen LogP contribution in [0.2, 0.25) is 0 Å². The fraction of sp³-hybridized carbons (Fsp3) is 0.455. The van der Waals surface area contributed by atoms with Crippen LogP contribution in [0.3, 0.4) is 0 Å². The zero-order valence-corrected chi connectivity index (χ0v) is 17.9. The number of aromatic nitrogens is 4. The number of carbonyl (C=O) groups is 1. The minimum absolute atomic E-state index is 0.0688. The summed E-state index contributed by atoms with van der Waals surface area (Å²) in [5.74, 6) is 1.38. The second kappa shape index (κ2) is 9.07. The van der Waals surface area contributed by atoms with Crippen molar-refractivity contribution in [3.63, 3.8) is 0 Å². The summed E-state index contributed by atoms with van der Waals surface area (Å²) in [4.78, 5) is 18.8. The molecule has 5 rings (SSSR count). The number of aryl methyl sites for hydroxylation is 1. The van der Waals surface area contributed by atoms with Gasteiger partial charge in [0.25, 0.3) is 0 Å². The quantitative estimate of drug-likeness (QED) is 0.594. The van der Waals surface area contributed by atoms with Gasteiger partial charge in [-0.15, -0.1) is 15.3 Å². The maximum atomic E-state index is 14.0. The van der Waals surface area contributed by atoms with Crippen LogP contribution in [-0.4, -0.2) is 83.1 Å². The van der Waals surface area contributed by atoms with Gasteiger partial charge in [-0.2, -0.15) is 4.52 Å². The molecule has 0 spiro atoms. The summed E-state index contributed by atoms with van der Waals surface area (Å²) >= 11 is 0. The van der Waals surface area contributed by atoms with Gasteiger partial charge in [0, 0.05) is 52.1 Å². The molecule has 10 heteroatoms. The SMILES string of the molecule is O=C(CCc1nnc2ccc(N3CCOCC3)nn12)N1CCN(c2ccccc2F)CC1. The van der Waals surface area contributed by atoms with Gasteiger partial charge in [0.15, 0.2) is 11.5 Å². The molecule has 0 unspecified atom stereocenters. The zero-order valence-electron chi connectivity index (χ0n) is 17.9. The monoisotopic (exact) mass is 439 g/mol. The molecule has 168 valence electrons. The molecule has 2 aromatic heterocycles. The lowest BCUT2D eigenvalue weighted by Gasteiger charge is -2.36. The first kappa shape index (κ1) is 20.6. The van der Waals surface area contributed by atoms with E-state index in [0.717, 1.165) is 18.9 Å². The molecule has 1 aromatic carbocycles. The van der Waals surface area contributed by atoms with Crippen LogP contribution in [-0.2, 0) is 16.0 Å². The van der Waals surface area contributed by atoms with Crippen LogP contribution in [0.1, 0.15) is 12.2 Å². The smallest absolute Gasteiger partial charge is 0.223 e. The second-order valence-corrected chi connectivity index (χ2v) is 8.00. The Morgan fingerprint density at radius 3 is 2.50 bits per heavy atom.